The number of carbonyl (C=O) groups excluding carboxylic acids is 2. The van der Waals surface area contributed by atoms with Crippen LogP contribution in [0.1, 0.15) is 119 Å². The van der Waals surface area contributed by atoms with Crippen molar-refractivity contribution in [1.29, 1.82) is 5.26 Å². The summed E-state index contributed by atoms with van der Waals surface area (Å²) in [6.45, 7) is 15.9. The van der Waals surface area contributed by atoms with Gasteiger partial charge in [0.25, 0.3) is 0 Å². The Balaban J connectivity index is 1.33. The minimum absolute atomic E-state index is 0.0583. The van der Waals surface area contributed by atoms with Crippen LogP contribution in [0.3, 0.4) is 0 Å². The number of Topliss-reactive ketones (excluding diaryl/α,β-unsaturated/α-hetero) is 1. The third kappa shape index (κ3) is 3.56. The molecule has 4 nitrogen and oxygen atoms in total. The van der Waals surface area contributed by atoms with Gasteiger partial charge in [0.15, 0.2) is 11.6 Å². The van der Waals surface area contributed by atoms with Crippen molar-refractivity contribution < 1.29 is 9.59 Å². The van der Waals surface area contributed by atoms with Crippen molar-refractivity contribution in [2.75, 3.05) is 13.6 Å². The summed E-state index contributed by atoms with van der Waals surface area (Å²) >= 11 is 0. The topological polar surface area (TPSA) is 61.2 Å². The molecule has 4 heteroatoms. The molecule has 7 aliphatic rings. The second-order valence-corrected chi connectivity index (χ2v) is 17.8. The third-order valence-corrected chi connectivity index (χ3v) is 15.7. The average molecular weight is 571 g/mol. The number of hydrogen-bond acceptors (Lipinski definition) is 4. The van der Waals surface area contributed by atoms with Gasteiger partial charge in [-0.1, -0.05) is 53.2 Å². The first-order chi connectivity index (χ1) is 19.7. The van der Waals surface area contributed by atoms with E-state index in [1.54, 1.807) is 0 Å². The van der Waals surface area contributed by atoms with Gasteiger partial charge in [-0.05, 0) is 136 Å². The van der Waals surface area contributed by atoms with Gasteiger partial charge in [0, 0.05) is 22.8 Å². The first-order valence-electron chi connectivity index (χ1n) is 17.3. The van der Waals surface area contributed by atoms with Crippen LogP contribution >= 0.6 is 0 Å². The molecule has 9 atom stereocenters. The molecule has 0 radical (unpaired) electrons. The molecular weight excluding hydrogens is 516 g/mol. The Morgan fingerprint density at radius 2 is 1.71 bits per heavy atom. The van der Waals surface area contributed by atoms with Crippen molar-refractivity contribution in [1.82, 2.24) is 4.90 Å². The highest BCUT2D eigenvalue weighted by Crippen LogP contribution is 2.77. The lowest BCUT2D eigenvalue weighted by Crippen LogP contribution is -2.65. The van der Waals surface area contributed by atoms with E-state index in [1.165, 1.54) is 50.6 Å². The number of nitriles is 1. The number of hydrogen-bond donors (Lipinski definition) is 0. The number of nitrogens with zero attached hydrogens (tertiary/aromatic N) is 2. The number of likely N-dealkylation sites (tertiary alicyclic amines) is 1. The number of allylic oxidation sites excluding steroid dienone is 4. The summed E-state index contributed by atoms with van der Waals surface area (Å²) in [5.41, 5.74) is 1.13. The van der Waals surface area contributed by atoms with Crippen LogP contribution in [0.25, 0.3) is 0 Å². The molecule has 228 valence electrons. The van der Waals surface area contributed by atoms with Crippen LogP contribution in [0.4, 0.5) is 0 Å². The summed E-state index contributed by atoms with van der Waals surface area (Å²) in [5.74, 6) is 1.74. The standard InChI is InChI=1S/C38H54N2O2/c1-24(19-26-9-8-18-40(26)7)37-14-12-33(2,3)22-27(37)31-28(41)20-30-34(4)21-25(23-39)32(42)38(16-17-38)29(34)10-11-35(30,5)36(31,6)13-15-37/h20-21,24,26-27,29,31H,8-19,22H2,1-7H3/t24?,26?,27-,29+,31-,34-,35+,36+,37+/m0/s1. The summed E-state index contributed by atoms with van der Waals surface area (Å²) in [6.07, 6.45) is 17.9. The molecule has 4 saturated carbocycles. The van der Waals surface area contributed by atoms with Gasteiger partial charge in [-0.25, -0.2) is 0 Å². The highest BCUT2D eigenvalue weighted by Gasteiger charge is 2.72. The van der Waals surface area contributed by atoms with Crippen molar-refractivity contribution in [2.24, 2.45) is 56.2 Å². The third-order valence-electron chi connectivity index (χ3n) is 15.7. The van der Waals surface area contributed by atoms with E-state index in [0.717, 1.165) is 38.5 Å². The molecule has 2 unspecified atom stereocenters. The van der Waals surface area contributed by atoms with E-state index >= 15 is 0 Å². The van der Waals surface area contributed by atoms with E-state index in [1.807, 2.05) is 6.08 Å². The number of rotatable bonds is 3. The molecule has 0 N–H and O–H groups in total. The summed E-state index contributed by atoms with van der Waals surface area (Å²) in [7, 11) is 2.31. The van der Waals surface area contributed by atoms with Gasteiger partial charge in [0.1, 0.15) is 6.07 Å². The molecule has 1 aliphatic heterocycles. The highest BCUT2D eigenvalue weighted by atomic mass is 16.1. The molecule has 0 bridgehead atoms. The predicted molar refractivity (Wildman–Crippen MR) is 166 cm³/mol. The van der Waals surface area contributed by atoms with Gasteiger partial charge in [0.2, 0.25) is 0 Å². The van der Waals surface area contributed by atoms with Gasteiger partial charge in [0.05, 0.1) is 5.57 Å². The molecule has 1 heterocycles. The van der Waals surface area contributed by atoms with Gasteiger partial charge >= 0.3 is 0 Å². The van der Waals surface area contributed by atoms with E-state index in [4.69, 9.17) is 0 Å². The molecule has 1 spiro atoms. The molecule has 42 heavy (non-hydrogen) atoms. The molecule has 1 saturated heterocycles. The van der Waals surface area contributed by atoms with Gasteiger partial charge < -0.3 is 4.90 Å². The number of carbonyl (C=O) groups is 2. The smallest absolute Gasteiger partial charge is 0.179 e. The molecule has 0 aromatic heterocycles. The Labute approximate surface area is 254 Å². The lowest BCUT2D eigenvalue weighted by molar-refractivity contribution is -0.181. The van der Waals surface area contributed by atoms with E-state index in [2.05, 4.69) is 65.6 Å². The zero-order valence-corrected chi connectivity index (χ0v) is 27.4. The molecule has 5 fully saturated rings. The SMILES string of the molecule is CC(CC1CCCN1C)[C@]12CCC(C)(C)C[C@H]1[C@H]1C(=O)C=C3[C@@]4(C)C=C(C#N)C(=O)C5(CC5)[C@@H]4CC[C@@]3(C)[C@]1(C)CC2. The fourth-order valence-corrected chi connectivity index (χ4v) is 12.8. The predicted octanol–water partition coefficient (Wildman–Crippen LogP) is 8.08. The largest absolute Gasteiger partial charge is 0.303 e. The minimum atomic E-state index is -0.396. The van der Waals surface area contributed by atoms with Crippen LogP contribution in [0, 0.1) is 67.5 Å². The molecule has 0 aromatic carbocycles. The Kier molecular flexibility index (Phi) is 6.16. The quantitative estimate of drug-likeness (QED) is 0.344. The van der Waals surface area contributed by atoms with Crippen molar-refractivity contribution in [3.63, 3.8) is 0 Å². The van der Waals surface area contributed by atoms with Crippen LogP contribution in [0.5, 0.6) is 0 Å². The maximum absolute atomic E-state index is 14.8. The molecular formula is C38H54N2O2. The number of ketones is 2. The average Bonchev–Trinajstić information content (AvgIpc) is 3.62. The monoisotopic (exact) mass is 570 g/mol. The van der Waals surface area contributed by atoms with E-state index in [-0.39, 0.29) is 44.7 Å². The van der Waals surface area contributed by atoms with Crippen LogP contribution in [0.15, 0.2) is 23.3 Å². The molecule has 7 rings (SSSR count). The fraction of sp³-hybridized carbons (Fsp3) is 0.816. The molecule has 0 aromatic rings. The lowest BCUT2D eigenvalue weighted by atomic mass is 9.33. The van der Waals surface area contributed by atoms with Gasteiger partial charge in [-0.15, -0.1) is 0 Å². The van der Waals surface area contributed by atoms with Crippen molar-refractivity contribution in [3.8, 4) is 6.07 Å². The summed E-state index contributed by atoms with van der Waals surface area (Å²) in [5, 5.41) is 10.0. The van der Waals surface area contributed by atoms with Crippen molar-refractivity contribution in [3.05, 3.63) is 23.3 Å². The molecule has 6 aliphatic carbocycles. The van der Waals surface area contributed by atoms with Crippen LogP contribution in [-0.4, -0.2) is 36.1 Å². The zero-order valence-electron chi connectivity index (χ0n) is 27.4. The van der Waals surface area contributed by atoms with Crippen LogP contribution < -0.4 is 0 Å². The van der Waals surface area contributed by atoms with E-state index in [0.29, 0.717) is 29.2 Å². The van der Waals surface area contributed by atoms with Gasteiger partial charge in [-0.3, -0.25) is 9.59 Å². The highest BCUT2D eigenvalue weighted by molar-refractivity contribution is 6.06. The Morgan fingerprint density at radius 1 is 1.00 bits per heavy atom. The normalized spacial score (nSPS) is 47.8. The van der Waals surface area contributed by atoms with Gasteiger partial charge in [-0.2, -0.15) is 5.26 Å². The van der Waals surface area contributed by atoms with Crippen molar-refractivity contribution >= 4 is 11.6 Å². The first kappa shape index (κ1) is 29.0. The zero-order chi connectivity index (χ0) is 30.1. The van der Waals surface area contributed by atoms with Crippen LogP contribution in [0.2, 0.25) is 0 Å². The first-order valence-corrected chi connectivity index (χ1v) is 17.3. The fourth-order valence-electron chi connectivity index (χ4n) is 12.8. The van der Waals surface area contributed by atoms with E-state index in [9.17, 15) is 14.9 Å². The lowest BCUT2D eigenvalue weighted by Gasteiger charge is -2.70. The summed E-state index contributed by atoms with van der Waals surface area (Å²) < 4.78 is 0. The minimum Gasteiger partial charge on any atom is -0.303 e. The van der Waals surface area contributed by atoms with Crippen LogP contribution in [-0.2, 0) is 9.59 Å². The Bertz CT molecular complexity index is 1330. The maximum Gasteiger partial charge on any atom is 0.179 e. The van der Waals surface area contributed by atoms with E-state index < -0.39 is 5.41 Å². The molecule has 0 amide bonds. The summed E-state index contributed by atoms with van der Waals surface area (Å²) in [6, 6.07) is 2.97. The second-order valence-electron chi connectivity index (χ2n) is 17.8. The number of fused-ring (bicyclic) bond motifs is 8. The Morgan fingerprint density at radius 3 is 2.36 bits per heavy atom. The van der Waals surface area contributed by atoms with Crippen molar-refractivity contribution in [2.45, 2.75) is 125 Å². The summed E-state index contributed by atoms with van der Waals surface area (Å²) in [4.78, 5) is 30.8. The second kappa shape index (κ2) is 8.93. The Hall–Kier alpha value is -1.73. The maximum atomic E-state index is 14.8.